The number of amides is 2. The summed E-state index contributed by atoms with van der Waals surface area (Å²) in [6.45, 7) is 2.34. The molecule has 2 unspecified atom stereocenters. The molecule has 7 heteroatoms. The second kappa shape index (κ2) is 5.34. The molecule has 2 atom stereocenters. The summed E-state index contributed by atoms with van der Waals surface area (Å²) in [4.78, 5) is 24.9. The number of urea groups is 1. The van der Waals surface area contributed by atoms with E-state index < -0.39 is 23.6 Å². The Bertz CT molecular complexity index is 369. The molecule has 3 N–H and O–H groups in total. The number of ether oxygens (including phenoxy) is 1. The van der Waals surface area contributed by atoms with E-state index in [1.807, 2.05) is 6.92 Å². The lowest BCUT2D eigenvalue weighted by Crippen LogP contribution is -2.63. The van der Waals surface area contributed by atoms with Gasteiger partial charge < -0.3 is 25.2 Å². The zero-order valence-electron chi connectivity index (χ0n) is 11.0. The van der Waals surface area contributed by atoms with Gasteiger partial charge in [0.25, 0.3) is 0 Å². The highest BCUT2D eigenvalue weighted by Crippen LogP contribution is 2.32. The highest BCUT2D eigenvalue weighted by molar-refractivity contribution is 5.87. The largest absolute Gasteiger partial charge is 0.480 e. The number of nitrogens with one attached hydrogen (secondary N) is 1. The molecule has 7 nitrogen and oxygen atoms in total. The molecule has 1 saturated carbocycles. The number of hydrogen-bond donors (Lipinski definition) is 3. The quantitative estimate of drug-likeness (QED) is 0.660. The molecule has 19 heavy (non-hydrogen) atoms. The Balaban J connectivity index is 1.97. The van der Waals surface area contributed by atoms with Crippen LogP contribution in [0.3, 0.4) is 0 Å². The zero-order valence-corrected chi connectivity index (χ0v) is 11.0. The second-order valence-corrected chi connectivity index (χ2v) is 5.33. The first-order valence-corrected chi connectivity index (χ1v) is 6.53. The van der Waals surface area contributed by atoms with Crippen molar-refractivity contribution in [1.29, 1.82) is 0 Å². The molecule has 1 heterocycles. The molecule has 2 aliphatic rings. The summed E-state index contributed by atoms with van der Waals surface area (Å²) in [5, 5.41) is 20.9. The molecule has 0 aromatic heterocycles. The SMILES string of the molecule is CC1CN(C(=O)NC2(C(=O)O)CCC2)CC(CO)O1. The van der Waals surface area contributed by atoms with Crippen LogP contribution in [-0.2, 0) is 9.53 Å². The Labute approximate surface area is 111 Å². The predicted molar refractivity (Wildman–Crippen MR) is 65.7 cm³/mol. The Morgan fingerprint density at radius 2 is 2.11 bits per heavy atom. The molecule has 0 radical (unpaired) electrons. The van der Waals surface area contributed by atoms with Crippen LogP contribution >= 0.6 is 0 Å². The van der Waals surface area contributed by atoms with Crippen molar-refractivity contribution in [3.05, 3.63) is 0 Å². The zero-order chi connectivity index (χ0) is 14.0. The molecule has 108 valence electrons. The van der Waals surface area contributed by atoms with Crippen LogP contribution in [-0.4, -0.2) is 64.6 Å². The summed E-state index contributed by atoms with van der Waals surface area (Å²) >= 11 is 0. The van der Waals surface area contributed by atoms with Crippen molar-refractivity contribution in [2.24, 2.45) is 0 Å². The van der Waals surface area contributed by atoms with Gasteiger partial charge in [-0.1, -0.05) is 0 Å². The lowest BCUT2D eigenvalue weighted by molar-refractivity contribution is -0.148. The third-order valence-electron chi connectivity index (χ3n) is 3.78. The van der Waals surface area contributed by atoms with Gasteiger partial charge in [-0.2, -0.15) is 0 Å². The van der Waals surface area contributed by atoms with Crippen molar-refractivity contribution in [3.63, 3.8) is 0 Å². The van der Waals surface area contributed by atoms with Gasteiger partial charge in [0.1, 0.15) is 5.54 Å². The molecular weight excluding hydrogens is 252 g/mol. The number of aliphatic hydroxyl groups excluding tert-OH is 1. The van der Waals surface area contributed by atoms with Crippen molar-refractivity contribution in [3.8, 4) is 0 Å². The molecule has 0 aromatic rings. The van der Waals surface area contributed by atoms with Crippen LogP contribution in [0.4, 0.5) is 4.79 Å². The smallest absolute Gasteiger partial charge is 0.329 e. The number of carbonyl (C=O) groups excluding carboxylic acids is 1. The maximum Gasteiger partial charge on any atom is 0.329 e. The van der Waals surface area contributed by atoms with Gasteiger partial charge in [0, 0.05) is 6.54 Å². The number of rotatable bonds is 3. The normalized spacial score (nSPS) is 29.5. The van der Waals surface area contributed by atoms with E-state index in [0.29, 0.717) is 19.4 Å². The fourth-order valence-electron chi connectivity index (χ4n) is 2.52. The van der Waals surface area contributed by atoms with Gasteiger partial charge in [0.2, 0.25) is 0 Å². The molecule has 0 spiro atoms. The molecule has 1 saturated heterocycles. The molecule has 0 bridgehead atoms. The Hall–Kier alpha value is -1.34. The van der Waals surface area contributed by atoms with Crippen LogP contribution in [0.5, 0.6) is 0 Å². The summed E-state index contributed by atoms with van der Waals surface area (Å²) in [5.74, 6) is -0.980. The van der Waals surface area contributed by atoms with E-state index in [-0.39, 0.29) is 19.3 Å². The fourth-order valence-corrected chi connectivity index (χ4v) is 2.52. The van der Waals surface area contributed by atoms with Gasteiger partial charge in [-0.3, -0.25) is 0 Å². The van der Waals surface area contributed by atoms with Gasteiger partial charge in [-0.25, -0.2) is 9.59 Å². The molecule has 1 aliphatic heterocycles. The molecule has 1 aliphatic carbocycles. The standard InChI is InChI=1S/C12H20N2O5/c1-8-5-14(6-9(7-15)19-8)11(18)13-12(10(16)17)3-2-4-12/h8-9,15H,2-7H2,1H3,(H,13,18)(H,16,17). The summed E-state index contributed by atoms with van der Waals surface area (Å²) < 4.78 is 5.45. The number of carboxylic acid groups (broad SMARTS) is 1. The predicted octanol–water partition coefficient (Wildman–Crippen LogP) is -0.215. The Morgan fingerprint density at radius 1 is 1.42 bits per heavy atom. The van der Waals surface area contributed by atoms with E-state index in [9.17, 15) is 14.7 Å². The average Bonchev–Trinajstić information content (AvgIpc) is 2.32. The maximum atomic E-state index is 12.1. The summed E-state index contributed by atoms with van der Waals surface area (Å²) in [6, 6.07) is -0.393. The van der Waals surface area contributed by atoms with Crippen molar-refractivity contribution in [1.82, 2.24) is 10.2 Å². The molecular formula is C12H20N2O5. The van der Waals surface area contributed by atoms with E-state index in [1.54, 1.807) is 0 Å². The van der Waals surface area contributed by atoms with Gasteiger partial charge in [-0.05, 0) is 26.2 Å². The highest BCUT2D eigenvalue weighted by atomic mass is 16.5. The minimum atomic E-state index is -1.10. The summed E-state index contributed by atoms with van der Waals surface area (Å²) in [5.41, 5.74) is -1.10. The lowest BCUT2D eigenvalue weighted by Gasteiger charge is -2.42. The maximum absolute atomic E-state index is 12.1. The minimum Gasteiger partial charge on any atom is -0.480 e. The number of morpholine rings is 1. The number of nitrogens with zero attached hydrogens (tertiary/aromatic N) is 1. The summed E-state index contributed by atoms with van der Waals surface area (Å²) in [6.07, 6.45) is 1.18. The second-order valence-electron chi connectivity index (χ2n) is 5.33. The molecule has 0 aromatic carbocycles. The first-order valence-electron chi connectivity index (χ1n) is 6.53. The van der Waals surface area contributed by atoms with Crippen LogP contribution in [0.1, 0.15) is 26.2 Å². The van der Waals surface area contributed by atoms with Gasteiger partial charge >= 0.3 is 12.0 Å². The van der Waals surface area contributed by atoms with E-state index in [4.69, 9.17) is 9.84 Å². The average molecular weight is 272 g/mol. The Morgan fingerprint density at radius 3 is 2.58 bits per heavy atom. The fraction of sp³-hybridized carbons (Fsp3) is 0.833. The van der Waals surface area contributed by atoms with E-state index >= 15 is 0 Å². The van der Waals surface area contributed by atoms with Crippen molar-refractivity contribution >= 4 is 12.0 Å². The number of hydrogen-bond acceptors (Lipinski definition) is 4. The highest BCUT2D eigenvalue weighted by Gasteiger charge is 2.46. The van der Waals surface area contributed by atoms with E-state index in [2.05, 4.69) is 5.32 Å². The van der Waals surface area contributed by atoms with Gasteiger partial charge in [0.05, 0.1) is 25.4 Å². The topological polar surface area (TPSA) is 99.1 Å². The first-order chi connectivity index (χ1) is 8.97. The van der Waals surface area contributed by atoms with Crippen molar-refractivity contribution in [2.45, 2.75) is 43.9 Å². The number of aliphatic carboxylic acids is 1. The third-order valence-corrected chi connectivity index (χ3v) is 3.78. The lowest BCUT2D eigenvalue weighted by atomic mass is 9.77. The first kappa shape index (κ1) is 14.1. The van der Waals surface area contributed by atoms with Crippen molar-refractivity contribution < 1.29 is 24.5 Å². The van der Waals surface area contributed by atoms with Crippen LogP contribution in [0.15, 0.2) is 0 Å². The van der Waals surface area contributed by atoms with Crippen LogP contribution < -0.4 is 5.32 Å². The molecule has 2 rings (SSSR count). The number of carboxylic acids is 1. The van der Waals surface area contributed by atoms with Crippen molar-refractivity contribution in [2.75, 3.05) is 19.7 Å². The molecule has 2 fully saturated rings. The van der Waals surface area contributed by atoms with Crippen LogP contribution in [0.25, 0.3) is 0 Å². The number of aliphatic hydroxyl groups is 1. The third kappa shape index (κ3) is 2.82. The monoisotopic (exact) mass is 272 g/mol. The van der Waals surface area contributed by atoms with E-state index in [1.165, 1.54) is 4.90 Å². The van der Waals surface area contributed by atoms with Crippen LogP contribution in [0, 0.1) is 0 Å². The van der Waals surface area contributed by atoms with E-state index in [0.717, 1.165) is 6.42 Å². The number of carbonyl (C=O) groups is 2. The van der Waals surface area contributed by atoms with Crippen LogP contribution in [0.2, 0.25) is 0 Å². The Kier molecular flexibility index (Phi) is 3.96. The summed E-state index contributed by atoms with van der Waals surface area (Å²) in [7, 11) is 0. The minimum absolute atomic E-state index is 0.155. The molecule has 2 amide bonds. The van der Waals surface area contributed by atoms with Gasteiger partial charge in [0.15, 0.2) is 0 Å². The van der Waals surface area contributed by atoms with Gasteiger partial charge in [-0.15, -0.1) is 0 Å².